The maximum absolute atomic E-state index is 5.00. The van der Waals surface area contributed by atoms with Gasteiger partial charge in [-0.15, -0.1) is 0 Å². The molecule has 4 nitrogen and oxygen atoms in total. The molecule has 0 spiro atoms. The Labute approximate surface area is 216 Å². The summed E-state index contributed by atoms with van der Waals surface area (Å²) in [6, 6.07) is 30.9. The first-order valence-corrected chi connectivity index (χ1v) is 13.1. The lowest BCUT2D eigenvalue weighted by molar-refractivity contribution is 0.104. The van der Waals surface area contributed by atoms with E-state index in [0.29, 0.717) is 6.04 Å². The third kappa shape index (κ3) is 5.45. The highest BCUT2D eigenvalue weighted by atomic mass is 15.3. The maximum atomic E-state index is 5.00. The van der Waals surface area contributed by atoms with Crippen LogP contribution in [0.1, 0.15) is 54.9 Å². The molecule has 186 valence electrons. The predicted molar refractivity (Wildman–Crippen MR) is 149 cm³/mol. The smallest absolute Gasteiger partial charge is 0.137 e. The molecule has 1 N–H and O–H groups in total. The van der Waals surface area contributed by atoms with E-state index in [-0.39, 0.29) is 5.41 Å². The van der Waals surface area contributed by atoms with Crippen molar-refractivity contribution in [3.63, 3.8) is 0 Å². The number of nitrogens with one attached hydrogen (secondary N) is 1. The molecule has 1 saturated heterocycles. The van der Waals surface area contributed by atoms with Gasteiger partial charge in [0.1, 0.15) is 5.82 Å². The number of benzene rings is 3. The fraction of sp³-hybridized carbons (Fsp3) is 0.344. The minimum atomic E-state index is 0.158. The second kappa shape index (κ2) is 10.4. The first kappa shape index (κ1) is 24.5. The number of aromatic nitrogens is 2. The molecule has 0 saturated carbocycles. The van der Waals surface area contributed by atoms with Gasteiger partial charge < -0.3 is 4.98 Å². The summed E-state index contributed by atoms with van der Waals surface area (Å²) in [6.07, 6.45) is 0. The molecule has 0 atom stereocenters. The van der Waals surface area contributed by atoms with Crippen molar-refractivity contribution in [2.75, 3.05) is 26.2 Å². The van der Waals surface area contributed by atoms with Gasteiger partial charge in [-0.3, -0.25) is 9.80 Å². The van der Waals surface area contributed by atoms with Gasteiger partial charge in [0.25, 0.3) is 0 Å². The van der Waals surface area contributed by atoms with Gasteiger partial charge in [-0.2, -0.15) is 0 Å². The predicted octanol–water partition coefficient (Wildman–Crippen LogP) is 6.59. The second-order valence-electron chi connectivity index (χ2n) is 11.0. The minimum Gasteiger partial charge on any atom is -0.342 e. The zero-order valence-corrected chi connectivity index (χ0v) is 22.0. The summed E-state index contributed by atoms with van der Waals surface area (Å²) in [7, 11) is 0. The lowest BCUT2D eigenvalue weighted by atomic mass is 9.87. The number of nitrogens with zero attached hydrogens (tertiary/aromatic N) is 3. The Morgan fingerprint density at radius 3 is 1.86 bits per heavy atom. The Kier molecular flexibility index (Phi) is 7.08. The third-order valence-electron chi connectivity index (χ3n) is 7.39. The summed E-state index contributed by atoms with van der Waals surface area (Å²) in [5.41, 5.74) is 7.70. The summed E-state index contributed by atoms with van der Waals surface area (Å²) < 4.78 is 0. The lowest BCUT2D eigenvalue weighted by Crippen LogP contribution is -2.47. The number of aromatic amines is 1. The molecule has 0 bridgehead atoms. The zero-order chi connectivity index (χ0) is 25.1. The second-order valence-corrected chi connectivity index (χ2v) is 11.0. The van der Waals surface area contributed by atoms with Crippen LogP contribution in [0.3, 0.4) is 0 Å². The van der Waals surface area contributed by atoms with Crippen LogP contribution < -0.4 is 0 Å². The molecular formula is C32H38N4. The first-order chi connectivity index (χ1) is 17.4. The van der Waals surface area contributed by atoms with Crippen LogP contribution in [0.15, 0.2) is 84.9 Å². The van der Waals surface area contributed by atoms with Crippen molar-refractivity contribution in [2.24, 2.45) is 0 Å². The van der Waals surface area contributed by atoms with Gasteiger partial charge in [0.15, 0.2) is 0 Å². The van der Waals surface area contributed by atoms with Crippen LogP contribution in [0, 0.1) is 6.92 Å². The van der Waals surface area contributed by atoms with Crippen molar-refractivity contribution in [1.29, 1.82) is 0 Å². The van der Waals surface area contributed by atoms with Gasteiger partial charge in [0.05, 0.1) is 11.7 Å². The molecule has 0 amide bonds. The number of hydrogen-bond donors (Lipinski definition) is 1. The number of H-pyrrole nitrogens is 1. The number of imidazole rings is 1. The van der Waals surface area contributed by atoms with E-state index in [9.17, 15) is 0 Å². The lowest BCUT2D eigenvalue weighted by Gasteiger charge is -2.39. The molecule has 5 rings (SSSR count). The first-order valence-electron chi connectivity index (χ1n) is 13.1. The van der Waals surface area contributed by atoms with Crippen LogP contribution >= 0.6 is 0 Å². The highest BCUT2D eigenvalue weighted by Crippen LogP contribution is 2.30. The average Bonchev–Trinajstić information content (AvgIpc) is 3.26. The molecule has 1 aliphatic heterocycles. The number of rotatable bonds is 6. The van der Waals surface area contributed by atoms with E-state index in [1.807, 2.05) is 0 Å². The van der Waals surface area contributed by atoms with Crippen molar-refractivity contribution in [3.8, 4) is 11.4 Å². The van der Waals surface area contributed by atoms with E-state index in [1.165, 1.54) is 22.4 Å². The van der Waals surface area contributed by atoms with E-state index >= 15 is 0 Å². The Morgan fingerprint density at radius 1 is 0.778 bits per heavy atom. The van der Waals surface area contributed by atoms with Crippen LogP contribution in [0.2, 0.25) is 0 Å². The van der Waals surface area contributed by atoms with Crippen molar-refractivity contribution in [1.82, 2.24) is 19.8 Å². The Balaban J connectivity index is 1.26. The molecule has 0 radical (unpaired) electrons. The zero-order valence-electron chi connectivity index (χ0n) is 22.0. The largest absolute Gasteiger partial charge is 0.342 e. The van der Waals surface area contributed by atoms with Crippen molar-refractivity contribution >= 4 is 0 Å². The highest BCUT2D eigenvalue weighted by molar-refractivity contribution is 5.57. The van der Waals surface area contributed by atoms with Crippen molar-refractivity contribution in [3.05, 3.63) is 113 Å². The molecule has 2 heterocycles. The van der Waals surface area contributed by atoms with Crippen LogP contribution in [0.5, 0.6) is 0 Å². The van der Waals surface area contributed by atoms with Gasteiger partial charge in [-0.25, -0.2) is 4.98 Å². The molecular weight excluding hydrogens is 440 g/mol. The summed E-state index contributed by atoms with van der Waals surface area (Å²) in [4.78, 5) is 13.7. The fourth-order valence-electron chi connectivity index (χ4n) is 5.19. The van der Waals surface area contributed by atoms with Crippen molar-refractivity contribution < 1.29 is 0 Å². The van der Waals surface area contributed by atoms with Gasteiger partial charge in [-0.05, 0) is 29.0 Å². The monoisotopic (exact) mass is 478 g/mol. The van der Waals surface area contributed by atoms with Crippen molar-refractivity contribution in [2.45, 2.75) is 45.7 Å². The molecule has 3 aromatic carbocycles. The Bertz CT molecular complexity index is 1210. The molecule has 4 aromatic rings. The molecule has 1 aromatic heterocycles. The SMILES string of the molecule is Cc1[nH]c(-c2ccc(C(C)(C)C)cc2)nc1CN1CCN(C(c2ccccc2)c2ccccc2)CC1. The van der Waals surface area contributed by atoms with E-state index in [2.05, 4.69) is 127 Å². The van der Waals surface area contributed by atoms with Gasteiger partial charge in [-0.1, -0.05) is 106 Å². The maximum Gasteiger partial charge on any atom is 0.137 e. The van der Waals surface area contributed by atoms with E-state index in [0.717, 1.165) is 49.8 Å². The number of piperazine rings is 1. The topological polar surface area (TPSA) is 35.2 Å². The summed E-state index contributed by atoms with van der Waals surface area (Å²) in [5.74, 6) is 0.967. The third-order valence-corrected chi connectivity index (χ3v) is 7.39. The molecule has 0 unspecified atom stereocenters. The van der Waals surface area contributed by atoms with E-state index in [1.54, 1.807) is 0 Å². The molecule has 0 aliphatic carbocycles. The van der Waals surface area contributed by atoms with Gasteiger partial charge >= 0.3 is 0 Å². The summed E-state index contributed by atoms with van der Waals surface area (Å²) in [6.45, 7) is 13.9. The molecule has 36 heavy (non-hydrogen) atoms. The Hall–Kier alpha value is -3.21. The average molecular weight is 479 g/mol. The van der Waals surface area contributed by atoms with Gasteiger partial charge in [0, 0.05) is 44.0 Å². The number of hydrogen-bond acceptors (Lipinski definition) is 3. The minimum absolute atomic E-state index is 0.158. The van der Waals surface area contributed by atoms with Gasteiger partial charge in [0.2, 0.25) is 0 Å². The molecule has 1 fully saturated rings. The summed E-state index contributed by atoms with van der Waals surface area (Å²) in [5, 5.41) is 0. The van der Waals surface area contributed by atoms with E-state index < -0.39 is 0 Å². The Morgan fingerprint density at radius 2 is 1.33 bits per heavy atom. The van der Waals surface area contributed by atoms with Crippen LogP contribution in [-0.4, -0.2) is 45.9 Å². The van der Waals surface area contributed by atoms with Crippen LogP contribution in [0.4, 0.5) is 0 Å². The van der Waals surface area contributed by atoms with Crippen LogP contribution in [-0.2, 0) is 12.0 Å². The molecule has 4 heteroatoms. The number of aryl methyl sites for hydroxylation is 1. The normalized spacial score (nSPS) is 15.5. The highest BCUT2D eigenvalue weighted by Gasteiger charge is 2.27. The molecule has 1 aliphatic rings. The fourth-order valence-corrected chi connectivity index (χ4v) is 5.19. The van der Waals surface area contributed by atoms with E-state index in [4.69, 9.17) is 4.98 Å². The quantitative estimate of drug-likeness (QED) is 0.339. The van der Waals surface area contributed by atoms with Crippen LogP contribution in [0.25, 0.3) is 11.4 Å². The summed E-state index contributed by atoms with van der Waals surface area (Å²) >= 11 is 0. The standard InChI is InChI=1S/C32H38N4/c1-24-29(34-31(33-24)27-15-17-28(18-16-27)32(2,3)4)23-35-19-21-36(22-20-35)30(25-11-7-5-8-12-25)26-13-9-6-10-14-26/h5-18,30H,19-23H2,1-4H3,(H,33,34).